The number of carboxylic acid groups (broad SMARTS) is 1. The van der Waals surface area contributed by atoms with Gasteiger partial charge in [0.2, 0.25) is 5.91 Å². The van der Waals surface area contributed by atoms with E-state index in [1.54, 1.807) is 19.1 Å². The molecule has 0 saturated heterocycles. The monoisotopic (exact) mass is 573 g/mol. The van der Waals surface area contributed by atoms with E-state index in [2.05, 4.69) is 52.0 Å². The van der Waals surface area contributed by atoms with Crippen LogP contribution in [0.4, 0.5) is 0 Å². The molecule has 0 unspecified atom stereocenters. The van der Waals surface area contributed by atoms with E-state index in [4.69, 9.17) is 20.2 Å². The predicted octanol–water partition coefficient (Wildman–Crippen LogP) is 7.49. The Morgan fingerprint density at radius 2 is 1.69 bits per heavy atom. The third kappa shape index (κ3) is 10.4. The minimum Gasteiger partial charge on any atom is -0.496 e. The topological polar surface area (TPSA) is 104 Å². The number of nitrogens with zero attached hydrogens (tertiary/aromatic N) is 2. The summed E-state index contributed by atoms with van der Waals surface area (Å²) in [5.74, 6) is -0.0662. The number of amidine groups is 1. The van der Waals surface area contributed by atoms with Crippen molar-refractivity contribution in [3.05, 3.63) is 83.0 Å². The predicted molar refractivity (Wildman–Crippen MR) is 170 cm³/mol. The van der Waals surface area contributed by atoms with Gasteiger partial charge in [-0.1, -0.05) is 65.0 Å². The lowest BCUT2D eigenvalue weighted by Crippen LogP contribution is -2.35. The van der Waals surface area contributed by atoms with Crippen molar-refractivity contribution < 1.29 is 19.4 Å². The van der Waals surface area contributed by atoms with Crippen molar-refractivity contribution >= 4 is 17.7 Å². The molecule has 0 saturated carbocycles. The van der Waals surface area contributed by atoms with Crippen LogP contribution in [-0.4, -0.2) is 46.4 Å². The van der Waals surface area contributed by atoms with Crippen LogP contribution in [0.15, 0.2) is 60.7 Å². The summed E-state index contributed by atoms with van der Waals surface area (Å²) in [5.41, 5.74) is 6.19. The molecule has 3 aromatic rings. The fraction of sp³-hybridized carbons (Fsp3) is 0.429. The average Bonchev–Trinajstić information content (AvgIpc) is 2.97. The lowest BCUT2D eigenvalue weighted by molar-refractivity contribution is -0.136. The van der Waals surface area contributed by atoms with Gasteiger partial charge in [-0.2, -0.15) is 0 Å². The minimum atomic E-state index is -0.919. The Balaban J connectivity index is 0.000000428. The number of carboxylic acids is 1. The van der Waals surface area contributed by atoms with E-state index in [0.717, 1.165) is 29.8 Å². The standard InChI is InChI=1S/C23H29N3O4.C12H18/c1-4-22(27)26(5-2)21(24)11-7-9-18-8-6-10-19(25-18)16-12-13-20(30-3)17(14-16)15-23(28)29;1-5-10-6-8-11(9-7-10)12(2,3)4/h6,8,10,12-14,24H,4-5,7,9,11,15H2,1-3H3,(H,28,29);6-9H,5H2,1-4H3. The van der Waals surface area contributed by atoms with Crippen LogP contribution in [0.1, 0.15) is 83.2 Å². The number of benzene rings is 2. The summed E-state index contributed by atoms with van der Waals surface area (Å²) in [4.78, 5) is 29.2. The molecule has 7 heteroatoms. The second kappa shape index (κ2) is 16.4. The van der Waals surface area contributed by atoms with Crippen molar-refractivity contribution in [3.8, 4) is 17.0 Å². The van der Waals surface area contributed by atoms with E-state index >= 15 is 0 Å². The number of aryl methyl sites for hydroxylation is 2. The van der Waals surface area contributed by atoms with Crippen molar-refractivity contribution in [2.75, 3.05) is 13.7 Å². The Morgan fingerprint density at radius 3 is 2.24 bits per heavy atom. The van der Waals surface area contributed by atoms with Crippen molar-refractivity contribution in [2.24, 2.45) is 0 Å². The molecule has 0 aliphatic carbocycles. The van der Waals surface area contributed by atoms with Crippen LogP contribution < -0.4 is 4.74 Å². The van der Waals surface area contributed by atoms with Gasteiger partial charge in [0, 0.05) is 36.2 Å². The molecule has 3 rings (SSSR count). The highest BCUT2D eigenvalue weighted by molar-refractivity contribution is 5.96. The van der Waals surface area contributed by atoms with Gasteiger partial charge < -0.3 is 14.7 Å². The molecule has 226 valence electrons. The molecule has 0 aliphatic rings. The third-order valence-electron chi connectivity index (χ3n) is 7.04. The van der Waals surface area contributed by atoms with E-state index in [1.165, 1.54) is 23.1 Å². The van der Waals surface area contributed by atoms with Gasteiger partial charge in [0.05, 0.1) is 19.2 Å². The Hall–Kier alpha value is -4.00. The zero-order valence-corrected chi connectivity index (χ0v) is 26.3. The second-order valence-corrected chi connectivity index (χ2v) is 11.2. The summed E-state index contributed by atoms with van der Waals surface area (Å²) in [6, 6.07) is 20.1. The maximum Gasteiger partial charge on any atom is 0.307 e. The summed E-state index contributed by atoms with van der Waals surface area (Å²) in [5, 5.41) is 17.3. The van der Waals surface area contributed by atoms with Crippen LogP contribution in [0, 0.1) is 5.41 Å². The Morgan fingerprint density at radius 1 is 1.00 bits per heavy atom. The molecule has 0 aliphatic heterocycles. The van der Waals surface area contributed by atoms with Gasteiger partial charge in [-0.25, -0.2) is 0 Å². The fourth-order valence-electron chi connectivity index (χ4n) is 4.54. The number of hydrogen-bond donors (Lipinski definition) is 2. The van der Waals surface area contributed by atoms with Crippen LogP contribution in [-0.2, 0) is 34.3 Å². The van der Waals surface area contributed by atoms with Crippen LogP contribution in [0.2, 0.25) is 0 Å². The van der Waals surface area contributed by atoms with Gasteiger partial charge in [-0.3, -0.25) is 20.0 Å². The quantitative estimate of drug-likeness (QED) is 0.183. The summed E-state index contributed by atoms with van der Waals surface area (Å²) in [7, 11) is 1.52. The second-order valence-electron chi connectivity index (χ2n) is 11.2. The molecule has 1 amide bonds. The summed E-state index contributed by atoms with van der Waals surface area (Å²) >= 11 is 0. The zero-order valence-electron chi connectivity index (χ0n) is 26.3. The number of rotatable bonds is 11. The first-order valence-corrected chi connectivity index (χ1v) is 14.8. The molecule has 2 N–H and O–H groups in total. The van der Waals surface area contributed by atoms with Crippen molar-refractivity contribution in [2.45, 2.75) is 85.5 Å². The molecular formula is C35H47N3O4. The number of ether oxygens (including phenoxy) is 1. The van der Waals surface area contributed by atoms with Gasteiger partial charge in [-0.05, 0) is 73.1 Å². The minimum absolute atomic E-state index is 0.0284. The van der Waals surface area contributed by atoms with E-state index in [0.29, 0.717) is 43.0 Å². The van der Waals surface area contributed by atoms with Gasteiger partial charge in [-0.15, -0.1) is 0 Å². The Labute approximate surface area is 251 Å². The Bertz CT molecular complexity index is 1330. The van der Waals surface area contributed by atoms with Gasteiger partial charge in [0.25, 0.3) is 0 Å². The normalized spacial score (nSPS) is 10.8. The first-order chi connectivity index (χ1) is 19.9. The average molecular weight is 574 g/mol. The maximum absolute atomic E-state index is 11.9. The fourth-order valence-corrected chi connectivity index (χ4v) is 4.54. The first-order valence-electron chi connectivity index (χ1n) is 14.8. The molecular weight excluding hydrogens is 526 g/mol. The number of amides is 1. The van der Waals surface area contributed by atoms with Crippen LogP contribution in [0.25, 0.3) is 11.3 Å². The first kappa shape index (κ1) is 34.2. The lowest BCUT2D eigenvalue weighted by atomic mass is 9.86. The highest BCUT2D eigenvalue weighted by Crippen LogP contribution is 2.27. The lowest BCUT2D eigenvalue weighted by Gasteiger charge is -2.20. The summed E-state index contributed by atoms with van der Waals surface area (Å²) in [6.07, 6.45) is 3.32. The van der Waals surface area contributed by atoms with E-state index < -0.39 is 5.97 Å². The molecule has 1 aromatic heterocycles. The summed E-state index contributed by atoms with van der Waals surface area (Å²) in [6.45, 7) is 13.1. The number of methoxy groups -OCH3 is 1. The number of pyridine rings is 1. The highest BCUT2D eigenvalue weighted by atomic mass is 16.5. The Kier molecular flexibility index (Phi) is 13.4. The van der Waals surface area contributed by atoms with Crippen molar-refractivity contribution in [3.63, 3.8) is 0 Å². The van der Waals surface area contributed by atoms with Crippen molar-refractivity contribution in [1.29, 1.82) is 5.41 Å². The number of aliphatic carboxylic acids is 1. The van der Waals surface area contributed by atoms with E-state index in [9.17, 15) is 9.59 Å². The zero-order chi connectivity index (χ0) is 31.3. The number of carbonyl (C=O) groups excluding carboxylic acids is 1. The molecule has 2 aromatic carbocycles. The molecule has 0 bridgehead atoms. The van der Waals surface area contributed by atoms with Crippen LogP contribution >= 0.6 is 0 Å². The molecule has 42 heavy (non-hydrogen) atoms. The van der Waals surface area contributed by atoms with Gasteiger partial charge in [0.15, 0.2) is 0 Å². The number of nitrogens with one attached hydrogen (secondary N) is 1. The van der Waals surface area contributed by atoms with E-state index in [-0.39, 0.29) is 17.7 Å². The SMILES string of the molecule is CCC(=O)N(CC)C(=N)CCCc1cccc(-c2ccc(OC)c(CC(=O)O)c2)n1.CCc1ccc(C(C)(C)C)cc1. The van der Waals surface area contributed by atoms with Gasteiger partial charge >= 0.3 is 5.97 Å². The molecule has 1 heterocycles. The van der Waals surface area contributed by atoms with Gasteiger partial charge in [0.1, 0.15) is 11.6 Å². The molecule has 0 fully saturated rings. The largest absolute Gasteiger partial charge is 0.496 e. The molecule has 0 atom stereocenters. The molecule has 7 nitrogen and oxygen atoms in total. The number of hydrogen-bond acceptors (Lipinski definition) is 5. The third-order valence-corrected chi connectivity index (χ3v) is 7.04. The number of carbonyl (C=O) groups is 2. The van der Waals surface area contributed by atoms with Crippen LogP contribution in [0.3, 0.4) is 0 Å². The molecule has 0 radical (unpaired) electrons. The smallest absolute Gasteiger partial charge is 0.307 e. The van der Waals surface area contributed by atoms with Crippen molar-refractivity contribution in [1.82, 2.24) is 9.88 Å². The highest BCUT2D eigenvalue weighted by Gasteiger charge is 2.15. The molecule has 0 spiro atoms. The summed E-state index contributed by atoms with van der Waals surface area (Å²) < 4.78 is 5.26. The van der Waals surface area contributed by atoms with Crippen LogP contribution in [0.5, 0.6) is 5.75 Å². The maximum atomic E-state index is 11.9. The van der Waals surface area contributed by atoms with E-state index in [1.807, 2.05) is 31.2 Å². The number of aromatic nitrogens is 1.